The van der Waals surface area contributed by atoms with E-state index in [2.05, 4.69) is 26.4 Å². The minimum absolute atomic E-state index is 0.679. The van der Waals surface area contributed by atoms with E-state index in [4.69, 9.17) is 0 Å². The van der Waals surface area contributed by atoms with Crippen LogP contribution < -0.4 is 5.32 Å². The molecule has 0 bridgehead atoms. The molecule has 1 aromatic heterocycles. The van der Waals surface area contributed by atoms with Gasteiger partial charge in [-0.1, -0.05) is 0 Å². The predicted octanol–water partition coefficient (Wildman–Crippen LogP) is 2.97. The molecule has 1 aromatic rings. The van der Waals surface area contributed by atoms with Crippen molar-refractivity contribution < 1.29 is 0 Å². The van der Waals surface area contributed by atoms with Crippen LogP contribution in [0, 0.1) is 5.92 Å². The highest BCUT2D eigenvalue weighted by atomic mass is 32.2. The average molecular weight is 255 g/mol. The van der Waals surface area contributed by atoms with Crippen LogP contribution in [0.1, 0.15) is 37.4 Å². The summed E-state index contributed by atoms with van der Waals surface area (Å²) in [4.78, 5) is 4.55. The molecule has 1 saturated heterocycles. The lowest BCUT2D eigenvalue weighted by atomic mass is 10.0. The van der Waals surface area contributed by atoms with Gasteiger partial charge in [0, 0.05) is 24.0 Å². The van der Waals surface area contributed by atoms with Gasteiger partial charge in [-0.05, 0) is 43.1 Å². The highest BCUT2D eigenvalue weighted by molar-refractivity contribution is 7.99. The molecule has 88 valence electrons. The molecule has 1 saturated carbocycles. The number of nitrogens with zero attached hydrogens (tertiary/aromatic N) is 2. The van der Waals surface area contributed by atoms with Crippen molar-refractivity contribution >= 4 is 28.4 Å². The third kappa shape index (κ3) is 2.69. The number of hydrogen-bond acceptors (Lipinski definition) is 5. The largest absolute Gasteiger partial charge is 0.360 e. The van der Waals surface area contributed by atoms with Gasteiger partial charge < -0.3 is 5.32 Å². The summed E-state index contributed by atoms with van der Waals surface area (Å²) in [6.45, 7) is 1.08. The molecule has 0 atom stereocenters. The second-order valence-corrected chi connectivity index (χ2v) is 6.65. The zero-order valence-electron chi connectivity index (χ0n) is 9.32. The Bertz CT molecular complexity index is 343. The van der Waals surface area contributed by atoms with Crippen molar-refractivity contribution in [2.75, 3.05) is 23.4 Å². The summed E-state index contributed by atoms with van der Waals surface area (Å²) in [6, 6.07) is 0. The highest BCUT2D eigenvalue weighted by Crippen LogP contribution is 2.39. The first-order chi connectivity index (χ1) is 7.92. The lowest BCUT2D eigenvalue weighted by Crippen LogP contribution is -2.19. The molecular weight excluding hydrogens is 238 g/mol. The van der Waals surface area contributed by atoms with E-state index in [9.17, 15) is 0 Å². The number of nitrogens with one attached hydrogen (secondary N) is 1. The Kier molecular flexibility index (Phi) is 3.33. The van der Waals surface area contributed by atoms with E-state index in [0.717, 1.165) is 23.4 Å². The van der Waals surface area contributed by atoms with Gasteiger partial charge in [0.15, 0.2) is 0 Å². The van der Waals surface area contributed by atoms with Crippen molar-refractivity contribution in [1.82, 2.24) is 9.36 Å². The summed E-state index contributed by atoms with van der Waals surface area (Å²) in [6.07, 6.45) is 5.28. The molecule has 2 fully saturated rings. The maximum atomic E-state index is 4.55. The third-order valence-corrected chi connectivity index (χ3v) is 5.00. The van der Waals surface area contributed by atoms with Gasteiger partial charge in [-0.3, -0.25) is 0 Å². The Hall–Kier alpha value is -0.290. The van der Waals surface area contributed by atoms with E-state index in [1.807, 2.05) is 0 Å². The number of thioether (sulfide) groups is 1. The monoisotopic (exact) mass is 255 g/mol. The van der Waals surface area contributed by atoms with E-state index in [1.165, 1.54) is 48.7 Å². The van der Waals surface area contributed by atoms with Crippen molar-refractivity contribution in [3.63, 3.8) is 0 Å². The van der Waals surface area contributed by atoms with Gasteiger partial charge in [0.25, 0.3) is 0 Å². The quantitative estimate of drug-likeness (QED) is 0.897. The Morgan fingerprint density at radius 3 is 2.75 bits per heavy atom. The highest BCUT2D eigenvalue weighted by Gasteiger charge is 2.27. The van der Waals surface area contributed by atoms with Crippen LogP contribution in [0.4, 0.5) is 5.13 Å². The van der Waals surface area contributed by atoms with Crippen molar-refractivity contribution in [2.24, 2.45) is 5.92 Å². The topological polar surface area (TPSA) is 37.8 Å². The molecule has 1 aliphatic heterocycles. The summed E-state index contributed by atoms with van der Waals surface area (Å²) < 4.78 is 4.41. The molecule has 1 N–H and O–H groups in total. The van der Waals surface area contributed by atoms with E-state index < -0.39 is 0 Å². The molecule has 5 heteroatoms. The van der Waals surface area contributed by atoms with Crippen LogP contribution in [-0.4, -0.2) is 27.4 Å². The predicted molar refractivity (Wildman–Crippen MR) is 70.4 cm³/mol. The molecule has 16 heavy (non-hydrogen) atoms. The molecule has 0 unspecified atom stereocenters. The fourth-order valence-electron chi connectivity index (χ4n) is 2.00. The van der Waals surface area contributed by atoms with Gasteiger partial charge in [0.1, 0.15) is 5.82 Å². The second kappa shape index (κ2) is 4.92. The lowest BCUT2D eigenvalue weighted by molar-refractivity contribution is 0.516. The molecule has 0 amide bonds. The van der Waals surface area contributed by atoms with Gasteiger partial charge in [0.05, 0.1) is 0 Å². The summed E-state index contributed by atoms with van der Waals surface area (Å²) in [5, 5.41) is 4.48. The minimum Gasteiger partial charge on any atom is -0.360 e. The number of hydrogen-bond donors (Lipinski definition) is 1. The Morgan fingerprint density at radius 2 is 2.00 bits per heavy atom. The first-order valence-corrected chi connectivity index (χ1v) is 8.00. The summed E-state index contributed by atoms with van der Waals surface area (Å²) in [5.74, 6) is 5.25. The summed E-state index contributed by atoms with van der Waals surface area (Å²) in [7, 11) is 0. The smallest absolute Gasteiger partial charge is 0.202 e. The standard InChI is InChI=1S/C11H17N3S2/c1-2-9(1)10-13-11(16-14-10)12-7-8-3-5-15-6-4-8/h8-9H,1-7H2,(H,12,13,14). The summed E-state index contributed by atoms with van der Waals surface area (Å²) in [5.41, 5.74) is 0. The SMILES string of the molecule is C1CC(CNc2nc(C3CC3)ns2)CCS1. The minimum atomic E-state index is 0.679. The number of anilines is 1. The number of aromatic nitrogens is 2. The van der Waals surface area contributed by atoms with E-state index >= 15 is 0 Å². The zero-order chi connectivity index (χ0) is 10.8. The van der Waals surface area contributed by atoms with Gasteiger partial charge in [-0.15, -0.1) is 0 Å². The van der Waals surface area contributed by atoms with Gasteiger partial charge in [-0.2, -0.15) is 16.1 Å². The Balaban J connectivity index is 1.49. The van der Waals surface area contributed by atoms with Gasteiger partial charge in [0.2, 0.25) is 5.13 Å². The maximum absolute atomic E-state index is 4.55. The van der Waals surface area contributed by atoms with Crippen LogP contribution >= 0.6 is 23.3 Å². The van der Waals surface area contributed by atoms with Crippen LogP contribution in [-0.2, 0) is 0 Å². The molecule has 3 rings (SSSR count). The maximum Gasteiger partial charge on any atom is 0.202 e. The molecule has 0 aromatic carbocycles. The van der Waals surface area contributed by atoms with Crippen LogP contribution in [0.3, 0.4) is 0 Å². The fourth-order valence-corrected chi connectivity index (χ4v) is 3.85. The lowest BCUT2D eigenvalue weighted by Gasteiger charge is -2.21. The van der Waals surface area contributed by atoms with Crippen molar-refractivity contribution in [3.8, 4) is 0 Å². The molecule has 0 spiro atoms. The van der Waals surface area contributed by atoms with Crippen LogP contribution in [0.25, 0.3) is 0 Å². The van der Waals surface area contributed by atoms with Crippen molar-refractivity contribution in [1.29, 1.82) is 0 Å². The Morgan fingerprint density at radius 1 is 1.19 bits per heavy atom. The molecule has 2 aliphatic rings. The van der Waals surface area contributed by atoms with E-state index in [1.54, 1.807) is 0 Å². The first kappa shape index (κ1) is 10.8. The zero-order valence-corrected chi connectivity index (χ0v) is 10.9. The fraction of sp³-hybridized carbons (Fsp3) is 0.818. The Labute approximate surface area is 105 Å². The first-order valence-electron chi connectivity index (χ1n) is 6.07. The van der Waals surface area contributed by atoms with E-state index in [0.29, 0.717) is 5.92 Å². The molecule has 3 nitrogen and oxygen atoms in total. The average Bonchev–Trinajstić information content (AvgIpc) is 3.08. The molecule has 0 radical (unpaired) electrons. The second-order valence-electron chi connectivity index (χ2n) is 4.67. The molecular formula is C11H17N3S2. The van der Waals surface area contributed by atoms with Gasteiger partial charge >= 0.3 is 0 Å². The van der Waals surface area contributed by atoms with Crippen molar-refractivity contribution in [2.45, 2.75) is 31.6 Å². The van der Waals surface area contributed by atoms with Gasteiger partial charge in [-0.25, -0.2) is 4.98 Å². The molecule has 1 aliphatic carbocycles. The number of rotatable bonds is 4. The van der Waals surface area contributed by atoms with Crippen LogP contribution in [0.15, 0.2) is 0 Å². The van der Waals surface area contributed by atoms with E-state index in [-0.39, 0.29) is 0 Å². The van der Waals surface area contributed by atoms with Crippen molar-refractivity contribution in [3.05, 3.63) is 5.82 Å². The normalized spacial score (nSPS) is 22.2. The van der Waals surface area contributed by atoms with Crippen LogP contribution in [0.5, 0.6) is 0 Å². The third-order valence-electron chi connectivity index (χ3n) is 3.27. The summed E-state index contributed by atoms with van der Waals surface area (Å²) >= 11 is 3.61. The van der Waals surface area contributed by atoms with Crippen LogP contribution in [0.2, 0.25) is 0 Å². The molecule has 2 heterocycles.